The van der Waals surface area contributed by atoms with Crippen molar-refractivity contribution in [2.45, 2.75) is 10.1 Å². The summed E-state index contributed by atoms with van der Waals surface area (Å²) in [6.07, 6.45) is 2.92. The molecule has 2 aromatic carbocycles. The smallest absolute Gasteiger partial charge is 0.252 e. The van der Waals surface area contributed by atoms with Gasteiger partial charge in [0.05, 0.1) is 15.5 Å². The second kappa shape index (κ2) is 8.90. The molecule has 0 saturated carbocycles. The van der Waals surface area contributed by atoms with Gasteiger partial charge in [-0.2, -0.15) is 0 Å². The molecule has 0 aliphatic carbocycles. The standard InChI is InChI=1S/C20H15Cl2FN2O3S/c21-14-3-8-17(18(22)10-14)20(26)25-12-19(13-2-1-9-24-11-13)29(27,28)16-6-4-15(23)5-7-16/h1-11,19H,12H2,(H,25,26). The number of halogens is 3. The van der Waals surface area contributed by atoms with Gasteiger partial charge in [0.25, 0.3) is 5.91 Å². The summed E-state index contributed by atoms with van der Waals surface area (Å²) in [4.78, 5) is 16.4. The van der Waals surface area contributed by atoms with Gasteiger partial charge in [0.15, 0.2) is 9.84 Å². The fourth-order valence-corrected chi connectivity index (χ4v) is 4.85. The molecule has 1 atom stereocenters. The molecule has 0 aliphatic heterocycles. The maximum atomic E-state index is 13.2. The van der Waals surface area contributed by atoms with Crippen molar-refractivity contribution in [2.24, 2.45) is 0 Å². The van der Waals surface area contributed by atoms with Crippen molar-refractivity contribution in [1.82, 2.24) is 10.3 Å². The molecule has 1 unspecified atom stereocenters. The van der Waals surface area contributed by atoms with Gasteiger partial charge >= 0.3 is 0 Å². The fraction of sp³-hybridized carbons (Fsp3) is 0.100. The summed E-state index contributed by atoms with van der Waals surface area (Å²) < 4.78 is 39.5. The molecular weight excluding hydrogens is 438 g/mol. The van der Waals surface area contributed by atoms with Crippen LogP contribution in [0.1, 0.15) is 21.2 Å². The molecule has 29 heavy (non-hydrogen) atoms. The third-order valence-electron chi connectivity index (χ3n) is 4.20. The maximum Gasteiger partial charge on any atom is 0.252 e. The summed E-state index contributed by atoms with van der Waals surface area (Å²) in [5.74, 6) is -1.09. The van der Waals surface area contributed by atoms with Gasteiger partial charge in [-0.1, -0.05) is 29.3 Å². The number of nitrogens with zero attached hydrogens (tertiary/aromatic N) is 1. The summed E-state index contributed by atoms with van der Waals surface area (Å²) in [7, 11) is -3.94. The van der Waals surface area contributed by atoms with Gasteiger partial charge in [-0.15, -0.1) is 0 Å². The largest absolute Gasteiger partial charge is 0.350 e. The highest BCUT2D eigenvalue weighted by Crippen LogP contribution is 2.28. The molecule has 150 valence electrons. The average Bonchev–Trinajstić information content (AvgIpc) is 2.69. The molecule has 1 aromatic heterocycles. The first-order chi connectivity index (χ1) is 13.8. The summed E-state index contributed by atoms with van der Waals surface area (Å²) in [5, 5.41) is 1.99. The van der Waals surface area contributed by atoms with Crippen LogP contribution in [-0.2, 0) is 9.84 Å². The van der Waals surface area contributed by atoms with E-state index in [-0.39, 0.29) is 22.0 Å². The Morgan fingerprint density at radius 3 is 2.45 bits per heavy atom. The van der Waals surface area contributed by atoms with Crippen LogP contribution in [0.2, 0.25) is 10.0 Å². The van der Waals surface area contributed by atoms with Gasteiger partial charge in [0.2, 0.25) is 0 Å². The highest BCUT2D eigenvalue weighted by molar-refractivity contribution is 7.91. The van der Waals surface area contributed by atoms with Crippen molar-refractivity contribution in [3.8, 4) is 0 Å². The number of hydrogen-bond donors (Lipinski definition) is 1. The third kappa shape index (κ3) is 4.93. The van der Waals surface area contributed by atoms with E-state index in [1.807, 2.05) is 0 Å². The normalized spacial score (nSPS) is 12.4. The minimum Gasteiger partial charge on any atom is -0.350 e. The predicted molar refractivity (Wildman–Crippen MR) is 109 cm³/mol. The van der Waals surface area contributed by atoms with Crippen molar-refractivity contribution >= 4 is 38.9 Å². The van der Waals surface area contributed by atoms with E-state index >= 15 is 0 Å². The van der Waals surface area contributed by atoms with Gasteiger partial charge in [0.1, 0.15) is 11.1 Å². The van der Waals surface area contributed by atoms with E-state index in [0.29, 0.717) is 10.6 Å². The molecule has 0 fully saturated rings. The third-order valence-corrected chi connectivity index (χ3v) is 6.86. The Bertz CT molecular complexity index is 1120. The Labute approximate surface area is 177 Å². The minimum atomic E-state index is -3.94. The number of aromatic nitrogens is 1. The first-order valence-corrected chi connectivity index (χ1v) is 10.7. The molecule has 0 aliphatic rings. The molecule has 1 heterocycles. The van der Waals surface area contributed by atoms with E-state index < -0.39 is 26.8 Å². The first kappa shape index (κ1) is 21.2. The minimum absolute atomic E-state index is 0.0634. The topological polar surface area (TPSA) is 76.1 Å². The Balaban J connectivity index is 1.90. The highest BCUT2D eigenvalue weighted by atomic mass is 35.5. The summed E-state index contributed by atoms with van der Waals surface area (Å²) in [6, 6.07) is 12.1. The van der Waals surface area contributed by atoms with Crippen LogP contribution in [0.15, 0.2) is 71.9 Å². The molecule has 3 aromatic rings. The van der Waals surface area contributed by atoms with E-state index in [0.717, 1.165) is 12.1 Å². The van der Waals surface area contributed by atoms with Gasteiger partial charge in [-0.25, -0.2) is 12.8 Å². The van der Waals surface area contributed by atoms with Crippen molar-refractivity contribution in [3.63, 3.8) is 0 Å². The highest BCUT2D eigenvalue weighted by Gasteiger charge is 2.30. The summed E-state index contributed by atoms with van der Waals surface area (Å²) >= 11 is 11.9. The maximum absolute atomic E-state index is 13.2. The number of benzene rings is 2. The zero-order valence-corrected chi connectivity index (χ0v) is 17.2. The Morgan fingerprint density at radius 1 is 1.10 bits per heavy atom. The predicted octanol–water partition coefficient (Wildman–Crippen LogP) is 4.47. The van der Waals surface area contributed by atoms with E-state index in [4.69, 9.17) is 23.2 Å². The zero-order valence-electron chi connectivity index (χ0n) is 14.8. The second-order valence-electron chi connectivity index (χ2n) is 6.11. The van der Waals surface area contributed by atoms with Gasteiger partial charge in [-0.3, -0.25) is 9.78 Å². The number of carbonyl (C=O) groups excluding carboxylic acids is 1. The van der Waals surface area contributed by atoms with E-state index in [1.165, 1.54) is 42.7 Å². The Morgan fingerprint density at radius 2 is 1.83 bits per heavy atom. The van der Waals surface area contributed by atoms with Crippen LogP contribution in [0, 0.1) is 5.82 Å². The van der Waals surface area contributed by atoms with E-state index in [2.05, 4.69) is 10.3 Å². The SMILES string of the molecule is O=C(NCC(c1cccnc1)S(=O)(=O)c1ccc(F)cc1)c1ccc(Cl)cc1Cl. The van der Waals surface area contributed by atoms with Gasteiger partial charge < -0.3 is 5.32 Å². The van der Waals surface area contributed by atoms with Crippen molar-refractivity contribution in [3.05, 3.63) is 94.0 Å². The lowest BCUT2D eigenvalue weighted by Gasteiger charge is -2.19. The van der Waals surface area contributed by atoms with Gasteiger partial charge in [0, 0.05) is 24.0 Å². The van der Waals surface area contributed by atoms with Crippen LogP contribution in [0.3, 0.4) is 0 Å². The molecule has 0 bridgehead atoms. The van der Waals surface area contributed by atoms with Crippen LogP contribution in [0.5, 0.6) is 0 Å². The van der Waals surface area contributed by atoms with Crippen LogP contribution in [-0.4, -0.2) is 25.9 Å². The van der Waals surface area contributed by atoms with E-state index in [9.17, 15) is 17.6 Å². The molecule has 1 amide bonds. The molecule has 0 radical (unpaired) electrons. The number of amides is 1. The van der Waals surface area contributed by atoms with Crippen molar-refractivity contribution < 1.29 is 17.6 Å². The Hall–Kier alpha value is -2.48. The fourth-order valence-electron chi connectivity index (χ4n) is 2.72. The molecule has 5 nitrogen and oxygen atoms in total. The van der Waals surface area contributed by atoms with Crippen molar-refractivity contribution in [2.75, 3.05) is 6.54 Å². The van der Waals surface area contributed by atoms with Crippen molar-refractivity contribution in [1.29, 1.82) is 0 Å². The summed E-state index contributed by atoms with van der Waals surface area (Å²) in [6.45, 7) is -0.233. The molecule has 1 N–H and O–H groups in total. The van der Waals surface area contributed by atoms with Gasteiger partial charge in [-0.05, 0) is 54.1 Å². The number of carbonyl (C=O) groups is 1. The van der Waals surface area contributed by atoms with Crippen LogP contribution in [0.25, 0.3) is 0 Å². The zero-order chi connectivity index (χ0) is 21.0. The van der Waals surface area contributed by atoms with Crippen LogP contribution in [0.4, 0.5) is 4.39 Å². The number of rotatable bonds is 6. The van der Waals surface area contributed by atoms with Crippen LogP contribution >= 0.6 is 23.2 Å². The molecule has 3 rings (SSSR count). The first-order valence-electron chi connectivity index (χ1n) is 8.41. The van der Waals surface area contributed by atoms with E-state index in [1.54, 1.807) is 12.1 Å². The quantitative estimate of drug-likeness (QED) is 0.559. The molecule has 0 saturated heterocycles. The lowest BCUT2D eigenvalue weighted by atomic mass is 10.2. The number of hydrogen-bond acceptors (Lipinski definition) is 4. The number of nitrogens with one attached hydrogen (secondary N) is 1. The second-order valence-corrected chi connectivity index (χ2v) is 9.08. The lowest BCUT2D eigenvalue weighted by Crippen LogP contribution is -2.32. The number of pyridine rings is 1. The molecular formula is C20H15Cl2FN2O3S. The Kier molecular flexibility index (Phi) is 6.52. The summed E-state index contributed by atoms with van der Waals surface area (Å²) in [5.41, 5.74) is 0.555. The monoisotopic (exact) mass is 452 g/mol. The lowest BCUT2D eigenvalue weighted by molar-refractivity contribution is 0.0954. The average molecular weight is 453 g/mol. The number of sulfone groups is 1. The molecule has 0 spiro atoms. The molecule has 9 heteroatoms. The van der Waals surface area contributed by atoms with Crippen LogP contribution < -0.4 is 5.32 Å².